The van der Waals surface area contributed by atoms with Crippen LogP contribution in [0.2, 0.25) is 0 Å². The van der Waals surface area contributed by atoms with Crippen molar-refractivity contribution >= 4 is 39.5 Å². The third kappa shape index (κ3) is 64.5. The summed E-state index contributed by atoms with van der Waals surface area (Å²) in [6, 6.07) is 0. The number of carbonyl (C=O) groups excluding carboxylic acids is 4. The van der Waals surface area contributed by atoms with Crippen molar-refractivity contribution in [3.63, 3.8) is 0 Å². The van der Waals surface area contributed by atoms with Crippen molar-refractivity contribution in [2.45, 2.75) is 388 Å². The maximum atomic E-state index is 13.0. The number of aliphatic hydroxyl groups is 1. The molecule has 0 aromatic carbocycles. The molecule has 0 aromatic heterocycles. The molecule has 0 aliphatic heterocycles. The first-order valence-corrected chi connectivity index (χ1v) is 41.3. The van der Waals surface area contributed by atoms with Gasteiger partial charge in [-0.2, -0.15) is 0 Å². The molecule has 552 valence electrons. The Bertz CT molecular complexity index is 1840. The normalized spacial score (nSPS) is 15.1. The summed E-state index contributed by atoms with van der Waals surface area (Å²) in [5.41, 5.74) is 0. The fourth-order valence-corrected chi connectivity index (χ4v) is 12.7. The maximum Gasteiger partial charge on any atom is 0.472 e. The van der Waals surface area contributed by atoms with Crippen LogP contribution in [-0.2, 0) is 65.4 Å². The van der Waals surface area contributed by atoms with E-state index in [-0.39, 0.29) is 25.7 Å². The number of unbranched alkanes of at least 4 members (excludes halogenated alkanes) is 34. The minimum absolute atomic E-state index is 0.104. The zero-order chi connectivity index (χ0) is 68.9. The van der Waals surface area contributed by atoms with Crippen LogP contribution in [0, 0.1) is 23.7 Å². The standard InChI is InChI=1S/C74H144O17P2/c1-9-65(6)51-43-35-27-24-25-29-41-49-57-74(79)91-70(61-85-72(77)55-47-39-33-31-37-45-53-67(8)11-3)63-89-93(82,83)87-59-68(75)58-86-92(80,81)88-62-69(60-84-71(76)54-46-38-32-30-36-44-52-66(7)10-2)90-73(78)56-48-40-28-23-21-19-17-15-13-12-14-16-18-20-22-26-34-42-50-64(4)5/h64-70,75H,9-63H2,1-8H3,(H,80,81)(H,82,83)/t65?,66?,67?,68-,69-,70-/m1/s1. The Morgan fingerprint density at radius 3 is 0.763 bits per heavy atom. The summed E-state index contributed by atoms with van der Waals surface area (Å²) in [7, 11) is -9.91. The largest absolute Gasteiger partial charge is 0.472 e. The molecule has 5 unspecified atom stereocenters. The lowest BCUT2D eigenvalue weighted by molar-refractivity contribution is -0.161. The number of hydrogen-bond donors (Lipinski definition) is 3. The molecule has 3 N–H and O–H groups in total. The summed E-state index contributed by atoms with van der Waals surface area (Å²) in [5.74, 6) is 0.923. The zero-order valence-electron chi connectivity index (χ0n) is 60.9. The van der Waals surface area contributed by atoms with Gasteiger partial charge in [0.25, 0.3) is 0 Å². The van der Waals surface area contributed by atoms with E-state index in [1.54, 1.807) is 0 Å². The van der Waals surface area contributed by atoms with Gasteiger partial charge >= 0.3 is 39.5 Å². The molecule has 0 saturated heterocycles. The minimum atomic E-state index is -4.96. The molecule has 0 aliphatic carbocycles. The van der Waals surface area contributed by atoms with Crippen LogP contribution in [0.3, 0.4) is 0 Å². The van der Waals surface area contributed by atoms with Gasteiger partial charge < -0.3 is 33.8 Å². The average Bonchev–Trinajstić information content (AvgIpc) is 2.15. The molecule has 0 aromatic rings. The average molecular weight is 1370 g/mol. The molecular weight excluding hydrogens is 1220 g/mol. The highest BCUT2D eigenvalue weighted by atomic mass is 31.2. The number of carbonyl (C=O) groups is 4. The van der Waals surface area contributed by atoms with Gasteiger partial charge in [0.15, 0.2) is 12.2 Å². The van der Waals surface area contributed by atoms with Gasteiger partial charge in [0.2, 0.25) is 0 Å². The van der Waals surface area contributed by atoms with E-state index < -0.39 is 97.5 Å². The molecule has 0 saturated carbocycles. The molecule has 93 heavy (non-hydrogen) atoms. The van der Waals surface area contributed by atoms with Crippen LogP contribution in [0.4, 0.5) is 0 Å². The maximum absolute atomic E-state index is 13.0. The van der Waals surface area contributed by atoms with Crippen LogP contribution in [0.1, 0.15) is 370 Å². The van der Waals surface area contributed by atoms with E-state index in [9.17, 15) is 43.2 Å². The molecule has 0 rings (SSSR count). The molecule has 0 fully saturated rings. The van der Waals surface area contributed by atoms with Gasteiger partial charge in [-0.1, -0.05) is 319 Å². The number of rotatable bonds is 71. The van der Waals surface area contributed by atoms with Crippen molar-refractivity contribution < 1.29 is 80.2 Å². The summed E-state index contributed by atoms with van der Waals surface area (Å²) in [4.78, 5) is 72.6. The first-order valence-electron chi connectivity index (χ1n) is 38.3. The molecule has 17 nitrogen and oxygen atoms in total. The van der Waals surface area contributed by atoms with E-state index in [1.165, 1.54) is 161 Å². The van der Waals surface area contributed by atoms with Crippen LogP contribution in [0.25, 0.3) is 0 Å². The Hall–Kier alpha value is -1.94. The summed E-state index contributed by atoms with van der Waals surface area (Å²) >= 11 is 0. The lowest BCUT2D eigenvalue weighted by atomic mass is 9.99. The van der Waals surface area contributed by atoms with E-state index in [2.05, 4.69) is 55.4 Å². The van der Waals surface area contributed by atoms with Gasteiger partial charge in [0.1, 0.15) is 19.3 Å². The Balaban J connectivity index is 5.19. The molecule has 19 heteroatoms. The third-order valence-electron chi connectivity index (χ3n) is 18.2. The zero-order valence-corrected chi connectivity index (χ0v) is 62.7. The Labute approximate surface area is 568 Å². The molecule has 0 spiro atoms. The van der Waals surface area contributed by atoms with Crippen molar-refractivity contribution in [2.75, 3.05) is 39.6 Å². The van der Waals surface area contributed by atoms with Crippen molar-refractivity contribution in [2.24, 2.45) is 23.7 Å². The molecule has 0 radical (unpaired) electrons. The first-order chi connectivity index (χ1) is 44.7. The lowest BCUT2D eigenvalue weighted by Crippen LogP contribution is -2.30. The van der Waals surface area contributed by atoms with E-state index in [0.29, 0.717) is 25.7 Å². The van der Waals surface area contributed by atoms with Gasteiger partial charge in [0, 0.05) is 25.7 Å². The number of hydrogen-bond acceptors (Lipinski definition) is 15. The van der Waals surface area contributed by atoms with Crippen molar-refractivity contribution in [1.29, 1.82) is 0 Å². The molecule has 0 bridgehead atoms. The minimum Gasteiger partial charge on any atom is -0.462 e. The predicted octanol–water partition coefficient (Wildman–Crippen LogP) is 21.3. The van der Waals surface area contributed by atoms with Crippen LogP contribution in [0.15, 0.2) is 0 Å². The third-order valence-corrected chi connectivity index (χ3v) is 20.1. The monoisotopic (exact) mass is 1370 g/mol. The summed E-state index contributed by atoms with van der Waals surface area (Å²) in [6.07, 6.45) is 47.3. The second-order valence-electron chi connectivity index (χ2n) is 27.9. The van der Waals surface area contributed by atoms with E-state index in [0.717, 1.165) is 126 Å². The molecular formula is C74H144O17P2. The smallest absolute Gasteiger partial charge is 0.462 e. The fourth-order valence-electron chi connectivity index (χ4n) is 11.1. The molecule has 8 atom stereocenters. The van der Waals surface area contributed by atoms with Crippen molar-refractivity contribution in [3.8, 4) is 0 Å². The SMILES string of the molecule is CCC(C)CCCCCCCCCCC(=O)O[C@H](COC(=O)CCCCCCCCC(C)CC)COP(=O)(O)OC[C@H](O)COP(=O)(O)OC[C@@H](COC(=O)CCCCCCCCC(C)CC)OC(=O)CCCCCCCCCCCCCCCCCCCCC(C)C. The molecule has 0 amide bonds. The van der Waals surface area contributed by atoms with Gasteiger partial charge in [0.05, 0.1) is 26.4 Å². The number of esters is 4. The number of phosphoric ester groups is 2. The van der Waals surface area contributed by atoms with E-state index >= 15 is 0 Å². The van der Waals surface area contributed by atoms with Gasteiger partial charge in [-0.15, -0.1) is 0 Å². The summed E-state index contributed by atoms with van der Waals surface area (Å²) < 4.78 is 68.4. The molecule has 0 heterocycles. The second kappa shape index (κ2) is 63.5. The molecule has 0 aliphatic rings. The van der Waals surface area contributed by atoms with Crippen LogP contribution < -0.4 is 0 Å². The highest BCUT2D eigenvalue weighted by Crippen LogP contribution is 2.45. The van der Waals surface area contributed by atoms with Crippen LogP contribution >= 0.6 is 15.6 Å². The van der Waals surface area contributed by atoms with Gasteiger partial charge in [-0.25, -0.2) is 9.13 Å². The predicted molar refractivity (Wildman–Crippen MR) is 377 cm³/mol. The van der Waals surface area contributed by atoms with Gasteiger partial charge in [-0.05, 0) is 49.4 Å². The van der Waals surface area contributed by atoms with Crippen molar-refractivity contribution in [3.05, 3.63) is 0 Å². The number of aliphatic hydroxyl groups excluding tert-OH is 1. The Kier molecular flexibility index (Phi) is 62.2. The highest BCUT2D eigenvalue weighted by molar-refractivity contribution is 7.47. The number of ether oxygens (including phenoxy) is 4. The van der Waals surface area contributed by atoms with Crippen molar-refractivity contribution in [1.82, 2.24) is 0 Å². The van der Waals surface area contributed by atoms with Gasteiger partial charge in [-0.3, -0.25) is 37.3 Å². The van der Waals surface area contributed by atoms with E-state index in [1.807, 2.05) is 0 Å². The quantitative estimate of drug-likeness (QED) is 0.0222. The fraction of sp³-hybridized carbons (Fsp3) is 0.946. The second-order valence-corrected chi connectivity index (χ2v) is 30.8. The topological polar surface area (TPSA) is 237 Å². The van der Waals surface area contributed by atoms with Crippen LogP contribution in [-0.4, -0.2) is 96.7 Å². The lowest BCUT2D eigenvalue weighted by Gasteiger charge is -2.21. The highest BCUT2D eigenvalue weighted by Gasteiger charge is 2.30. The van der Waals surface area contributed by atoms with Crippen LogP contribution in [0.5, 0.6) is 0 Å². The van der Waals surface area contributed by atoms with E-state index in [4.69, 9.17) is 37.0 Å². The summed E-state index contributed by atoms with van der Waals surface area (Å²) in [5, 5.41) is 10.6. The number of phosphoric acid groups is 2. The Morgan fingerprint density at radius 1 is 0.301 bits per heavy atom. The summed E-state index contributed by atoms with van der Waals surface area (Å²) in [6.45, 7) is 14.1. The first kappa shape index (κ1) is 91.1. The Morgan fingerprint density at radius 2 is 0.516 bits per heavy atom.